The molecule has 2 aromatic rings. The van der Waals surface area contributed by atoms with Crippen LogP contribution in [0.25, 0.3) is 11.1 Å². The number of likely N-dealkylation sites (N-methyl/N-ethyl adjacent to an activating group) is 1. The molecule has 1 saturated heterocycles. The van der Waals surface area contributed by atoms with Crippen LogP contribution in [0.2, 0.25) is 0 Å². The molecular formula is C27H42N8O3. The number of amides is 1. The van der Waals surface area contributed by atoms with Gasteiger partial charge in [0.25, 0.3) is 0 Å². The summed E-state index contributed by atoms with van der Waals surface area (Å²) in [5.74, 6) is 0.871. The van der Waals surface area contributed by atoms with E-state index in [0.29, 0.717) is 18.5 Å². The van der Waals surface area contributed by atoms with Crippen molar-refractivity contribution in [1.29, 1.82) is 0 Å². The van der Waals surface area contributed by atoms with Crippen molar-refractivity contribution in [3.05, 3.63) is 29.7 Å². The average molecular weight is 527 g/mol. The summed E-state index contributed by atoms with van der Waals surface area (Å²) < 4.78 is 7.22. The highest BCUT2D eigenvalue weighted by Gasteiger charge is 2.26. The van der Waals surface area contributed by atoms with Gasteiger partial charge in [0.1, 0.15) is 6.54 Å². The zero-order valence-corrected chi connectivity index (χ0v) is 23.1. The highest BCUT2D eigenvalue weighted by Crippen LogP contribution is 2.36. The van der Waals surface area contributed by atoms with Crippen LogP contribution in [-0.4, -0.2) is 113 Å². The Balaban J connectivity index is 1.61. The fourth-order valence-corrected chi connectivity index (χ4v) is 5.30. The molecule has 0 radical (unpaired) electrons. The zero-order valence-electron chi connectivity index (χ0n) is 23.1. The van der Waals surface area contributed by atoms with Crippen molar-refractivity contribution < 1.29 is 14.6 Å². The van der Waals surface area contributed by atoms with E-state index in [1.165, 1.54) is 0 Å². The third kappa shape index (κ3) is 6.69. The van der Waals surface area contributed by atoms with Gasteiger partial charge in [-0.25, -0.2) is 9.50 Å². The second kappa shape index (κ2) is 12.7. The zero-order chi connectivity index (χ0) is 27.2. The molecular weight excluding hydrogens is 484 g/mol. The Hall–Kier alpha value is -3.02. The lowest BCUT2D eigenvalue weighted by Crippen LogP contribution is -2.49. The normalized spacial score (nSPS) is 21.9. The number of aliphatic hydroxyl groups is 1. The third-order valence-corrected chi connectivity index (χ3v) is 7.55. The van der Waals surface area contributed by atoms with Crippen molar-refractivity contribution >= 4 is 29.7 Å². The third-order valence-electron chi connectivity index (χ3n) is 7.55. The van der Waals surface area contributed by atoms with Crippen molar-refractivity contribution in [1.82, 2.24) is 29.4 Å². The molecule has 2 aromatic heterocycles. The van der Waals surface area contributed by atoms with Gasteiger partial charge in [-0.2, -0.15) is 5.10 Å². The van der Waals surface area contributed by atoms with E-state index >= 15 is 0 Å². The van der Waals surface area contributed by atoms with Crippen molar-refractivity contribution in [2.45, 2.75) is 57.6 Å². The number of carbonyl (C=O) groups is 1. The van der Waals surface area contributed by atoms with Crippen molar-refractivity contribution in [3.63, 3.8) is 0 Å². The van der Waals surface area contributed by atoms with Gasteiger partial charge in [0, 0.05) is 69.4 Å². The Morgan fingerprint density at radius 1 is 1.32 bits per heavy atom. The minimum absolute atomic E-state index is 0.0435. The SMILES string of the molecule is C=NN(/C=C(\C)c1cc(C2CCC(O)CC2)n2nc(N[C@@H](C)COC)ncc12)CC(=O)N1CCN(C)CC1. The number of piperazine rings is 1. The summed E-state index contributed by atoms with van der Waals surface area (Å²) in [6.45, 7) is 11.6. The Bertz CT molecular complexity index is 1130. The van der Waals surface area contributed by atoms with Gasteiger partial charge >= 0.3 is 0 Å². The molecule has 1 amide bonds. The maximum Gasteiger partial charge on any atom is 0.244 e. The van der Waals surface area contributed by atoms with Gasteiger partial charge in [-0.15, -0.1) is 5.10 Å². The lowest BCUT2D eigenvalue weighted by molar-refractivity contribution is -0.133. The monoisotopic (exact) mass is 526 g/mol. The number of allylic oxidation sites excluding steroid dienone is 1. The Labute approximate surface area is 225 Å². The Morgan fingerprint density at radius 3 is 2.68 bits per heavy atom. The molecule has 1 aliphatic heterocycles. The highest BCUT2D eigenvalue weighted by atomic mass is 16.5. The number of aliphatic hydroxyl groups excluding tert-OH is 1. The topological polar surface area (TPSA) is 111 Å². The van der Waals surface area contributed by atoms with Crippen molar-refractivity contribution in [2.24, 2.45) is 5.10 Å². The molecule has 2 N–H and O–H groups in total. The van der Waals surface area contributed by atoms with Crippen LogP contribution < -0.4 is 5.32 Å². The van der Waals surface area contributed by atoms with Gasteiger partial charge in [0.05, 0.1) is 24.4 Å². The standard InChI is InChI=1S/C27H42N8O3/c1-19(16-34(28-3)17-26(37)33-12-10-32(4)11-13-33)23-14-24(21-6-8-22(36)9-7-21)35-25(23)15-29-27(31-35)30-20(2)18-38-5/h14-16,20-22,36H,3,6-13,17-18H2,1-2,4-5H3,(H,30,31)/b19-16+/t20-,21?,22?/m0/s1. The molecule has 11 nitrogen and oxygen atoms in total. The van der Waals surface area contributed by atoms with Crippen molar-refractivity contribution in [2.75, 3.05) is 58.8 Å². The van der Waals surface area contributed by atoms with Gasteiger partial charge in [0.2, 0.25) is 11.9 Å². The van der Waals surface area contributed by atoms with Crippen LogP contribution in [0.5, 0.6) is 0 Å². The second-order valence-electron chi connectivity index (χ2n) is 10.6. The molecule has 0 spiro atoms. The van der Waals surface area contributed by atoms with Gasteiger partial charge < -0.3 is 25.0 Å². The number of nitrogens with one attached hydrogen (secondary N) is 1. The van der Waals surface area contributed by atoms with Crippen LogP contribution in [0.15, 0.2) is 23.6 Å². The summed E-state index contributed by atoms with van der Waals surface area (Å²) >= 11 is 0. The molecule has 38 heavy (non-hydrogen) atoms. The number of ether oxygens (including phenoxy) is 1. The number of hydrazone groups is 1. The smallest absolute Gasteiger partial charge is 0.244 e. The number of carbonyl (C=O) groups excluding carboxylic acids is 1. The number of rotatable bonds is 10. The van der Waals surface area contributed by atoms with Gasteiger partial charge in [0.15, 0.2) is 0 Å². The summed E-state index contributed by atoms with van der Waals surface area (Å²) in [6, 6.07) is 2.23. The van der Waals surface area contributed by atoms with Crippen LogP contribution in [0, 0.1) is 0 Å². The van der Waals surface area contributed by atoms with E-state index in [-0.39, 0.29) is 24.6 Å². The predicted octanol–water partition coefficient (Wildman–Crippen LogP) is 2.25. The molecule has 0 aromatic carbocycles. The fraction of sp³-hybridized carbons (Fsp3) is 0.630. The van der Waals surface area contributed by atoms with Crippen LogP contribution in [-0.2, 0) is 9.53 Å². The van der Waals surface area contributed by atoms with E-state index in [2.05, 4.69) is 40.1 Å². The molecule has 2 aliphatic rings. The van der Waals surface area contributed by atoms with Gasteiger partial charge in [-0.3, -0.25) is 9.80 Å². The van der Waals surface area contributed by atoms with E-state index in [9.17, 15) is 9.90 Å². The van der Waals surface area contributed by atoms with Crippen LogP contribution in [0.3, 0.4) is 0 Å². The second-order valence-corrected chi connectivity index (χ2v) is 10.6. The molecule has 208 valence electrons. The maximum absolute atomic E-state index is 12.9. The van der Waals surface area contributed by atoms with E-state index in [0.717, 1.165) is 74.2 Å². The van der Waals surface area contributed by atoms with E-state index in [1.807, 2.05) is 35.7 Å². The largest absolute Gasteiger partial charge is 0.393 e. The molecule has 0 unspecified atom stereocenters. The van der Waals surface area contributed by atoms with Crippen LogP contribution in [0.4, 0.5) is 5.95 Å². The first-order valence-electron chi connectivity index (χ1n) is 13.5. The van der Waals surface area contributed by atoms with Gasteiger partial charge in [-0.1, -0.05) is 0 Å². The number of aromatic nitrogens is 3. The first-order valence-corrected chi connectivity index (χ1v) is 13.5. The summed E-state index contributed by atoms with van der Waals surface area (Å²) in [7, 11) is 3.74. The molecule has 1 atom stereocenters. The maximum atomic E-state index is 12.9. The van der Waals surface area contributed by atoms with Crippen LogP contribution in [0.1, 0.15) is 56.7 Å². The minimum Gasteiger partial charge on any atom is -0.393 e. The molecule has 3 heterocycles. The summed E-state index contributed by atoms with van der Waals surface area (Å²) in [5, 5.41) is 23.9. The molecule has 4 rings (SSSR count). The van der Waals surface area contributed by atoms with Crippen LogP contribution >= 0.6 is 0 Å². The molecule has 0 bridgehead atoms. The Morgan fingerprint density at radius 2 is 2.03 bits per heavy atom. The highest BCUT2D eigenvalue weighted by molar-refractivity contribution is 5.80. The Kier molecular flexibility index (Phi) is 9.35. The number of nitrogens with zero attached hydrogens (tertiary/aromatic N) is 7. The predicted molar refractivity (Wildman–Crippen MR) is 149 cm³/mol. The molecule has 11 heteroatoms. The first-order chi connectivity index (χ1) is 18.3. The fourth-order valence-electron chi connectivity index (χ4n) is 5.30. The quantitative estimate of drug-likeness (QED) is 0.358. The number of fused-ring (bicyclic) bond motifs is 1. The van der Waals surface area contributed by atoms with Crippen molar-refractivity contribution in [3.8, 4) is 0 Å². The minimum atomic E-state index is -0.231. The summed E-state index contributed by atoms with van der Waals surface area (Å²) in [5.41, 5.74) is 3.92. The average Bonchev–Trinajstić information content (AvgIpc) is 3.28. The van der Waals surface area contributed by atoms with Gasteiger partial charge in [-0.05, 0) is 58.2 Å². The van der Waals surface area contributed by atoms with E-state index < -0.39 is 0 Å². The summed E-state index contributed by atoms with van der Waals surface area (Å²) in [6.07, 6.45) is 6.86. The number of hydrogen-bond donors (Lipinski definition) is 2. The summed E-state index contributed by atoms with van der Waals surface area (Å²) in [4.78, 5) is 21.6. The molecule has 1 aliphatic carbocycles. The number of methoxy groups -OCH3 is 1. The lowest BCUT2D eigenvalue weighted by atomic mass is 9.85. The molecule has 1 saturated carbocycles. The molecule has 2 fully saturated rings. The van der Waals surface area contributed by atoms with E-state index in [4.69, 9.17) is 9.84 Å². The lowest BCUT2D eigenvalue weighted by Gasteiger charge is -2.33. The number of anilines is 1. The number of hydrogen-bond acceptors (Lipinski definition) is 9. The first kappa shape index (κ1) is 28.0. The van der Waals surface area contributed by atoms with E-state index in [1.54, 1.807) is 12.1 Å².